The second-order valence-corrected chi connectivity index (χ2v) is 6.01. The van der Waals surface area contributed by atoms with E-state index in [9.17, 15) is 9.18 Å². The SMILES string of the molecule is CC(C)(Oc1ccc(F)cc1)C(=O)OCc1nnc(-c2ccccc2)o1. The number of ether oxygens (including phenoxy) is 2. The minimum Gasteiger partial charge on any atom is -0.476 e. The van der Waals surface area contributed by atoms with Crippen molar-refractivity contribution in [1.82, 2.24) is 10.2 Å². The average Bonchev–Trinajstić information content (AvgIpc) is 3.11. The zero-order valence-electron chi connectivity index (χ0n) is 14.3. The lowest BCUT2D eigenvalue weighted by molar-refractivity contribution is -0.161. The van der Waals surface area contributed by atoms with Crippen LogP contribution in [0.4, 0.5) is 4.39 Å². The Morgan fingerprint density at radius 2 is 1.77 bits per heavy atom. The van der Waals surface area contributed by atoms with Crippen molar-refractivity contribution in [2.75, 3.05) is 0 Å². The third kappa shape index (κ3) is 4.24. The van der Waals surface area contributed by atoms with Gasteiger partial charge in [0.2, 0.25) is 5.89 Å². The molecule has 3 aromatic rings. The van der Waals surface area contributed by atoms with E-state index in [2.05, 4.69) is 10.2 Å². The normalized spacial score (nSPS) is 11.2. The zero-order chi connectivity index (χ0) is 18.6. The van der Waals surface area contributed by atoms with Crippen molar-refractivity contribution in [3.8, 4) is 17.2 Å². The third-order valence-corrected chi connectivity index (χ3v) is 3.49. The van der Waals surface area contributed by atoms with Crippen molar-refractivity contribution in [1.29, 1.82) is 0 Å². The Morgan fingerprint density at radius 1 is 1.08 bits per heavy atom. The minimum atomic E-state index is -1.26. The van der Waals surface area contributed by atoms with Crippen LogP contribution in [0.1, 0.15) is 19.7 Å². The van der Waals surface area contributed by atoms with Gasteiger partial charge in [-0.05, 0) is 50.2 Å². The van der Waals surface area contributed by atoms with Gasteiger partial charge in [-0.3, -0.25) is 0 Å². The van der Waals surface area contributed by atoms with Gasteiger partial charge >= 0.3 is 5.97 Å². The average molecular weight is 356 g/mol. The van der Waals surface area contributed by atoms with Crippen molar-refractivity contribution in [2.45, 2.75) is 26.1 Å². The molecule has 0 aliphatic heterocycles. The molecule has 0 unspecified atom stereocenters. The highest BCUT2D eigenvalue weighted by Crippen LogP contribution is 2.21. The Labute approximate surface area is 149 Å². The first-order chi connectivity index (χ1) is 12.4. The number of nitrogens with zero attached hydrogens (tertiary/aromatic N) is 2. The number of hydrogen-bond acceptors (Lipinski definition) is 6. The highest BCUT2D eigenvalue weighted by molar-refractivity contribution is 5.79. The Balaban J connectivity index is 1.59. The maximum absolute atomic E-state index is 12.9. The van der Waals surface area contributed by atoms with Crippen LogP contribution >= 0.6 is 0 Å². The standard InChI is InChI=1S/C19H17FN2O4/c1-19(2,26-15-10-8-14(20)9-11-15)18(23)24-12-16-21-22-17(25-16)13-6-4-3-5-7-13/h3-11H,12H2,1-2H3. The maximum Gasteiger partial charge on any atom is 0.350 e. The van der Waals surface area contributed by atoms with E-state index in [1.54, 1.807) is 13.8 Å². The fourth-order valence-electron chi connectivity index (χ4n) is 2.15. The van der Waals surface area contributed by atoms with Crippen LogP contribution in [-0.2, 0) is 16.1 Å². The number of hydrogen-bond donors (Lipinski definition) is 0. The Hall–Kier alpha value is -3.22. The molecule has 0 aliphatic rings. The number of carbonyl (C=O) groups excluding carboxylic acids is 1. The van der Waals surface area contributed by atoms with Gasteiger partial charge in [0.05, 0.1) is 0 Å². The molecule has 0 aliphatic carbocycles. The highest BCUT2D eigenvalue weighted by Gasteiger charge is 2.32. The Kier molecular flexibility index (Phi) is 4.97. The molecular formula is C19H17FN2O4. The van der Waals surface area contributed by atoms with E-state index in [0.717, 1.165) is 5.56 Å². The van der Waals surface area contributed by atoms with Crippen molar-refractivity contribution < 1.29 is 23.1 Å². The van der Waals surface area contributed by atoms with Gasteiger partial charge in [0.1, 0.15) is 11.6 Å². The lowest BCUT2D eigenvalue weighted by Crippen LogP contribution is -2.39. The summed E-state index contributed by atoms with van der Waals surface area (Å²) in [5.41, 5.74) is -0.488. The summed E-state index contributed by atoms with van der Waals surface area (Å²) >= 11 is 0. The van der Waals surface area contributed by atoms with Crippen LogP contribution in [-0.4, -0.2) is 21.8 Å². The van der Waals surface area contributed by atoms with E-state index >= 15 is 0 Å². The molecule has 0 atom stereocenters. The largest absolute Gasteiger partial charge is 0.476 e. The monoisotopic (exact) mass is 356 g/mol. The van der Waals surface area contributed by atoms with Crippen molar-refractivity contribution in [3.63, 3.8) is 0 Å². The van der Waals surface area contributed by atoms with Crippen LogP contribution in [0.3, 0.4) is 0 Å². The number of esters is 1. The molecule has 0 spiro atoms. The highest BCUT2D eigenvalue weighted by atomic mass is 19.1. The molecule has 0 fully saturated rings. The van der Waals surface area contributed by atoms with Crippen molar-refractivity contribution >= 4 is 5.97 Å². The van der Waals surface area contributed by atoms with Gasteiger partial charge in [-0.2, -0.15) is 0 Å². The second-order valence-electron chi connectivity index (χ2n) is 6.01. The minimum absolute atomic E-state index is 0.172. The predicted octanol–water partition coefficient (Wildman–Crippen LogP) is 3.78. The van der Waals surface area contributed by atoms with Crippen LogP contribution in [0.5, 0.6) is 5.75 Å². The first-order valence-electron chi connectivity index (χ1n) is 7.94. The van der Waals surface area contributed by atoms with Crippen molar-refractivity contribution in [2.24, 2.45) is 0 Å². The van der Waals surface area contributed by atoms with E-state index in [1.807, 2.05) is 30.3 Å². The molecule has 7 heteroatoms. The molecule has 0 saturated carbocycles. The summed E-state index contributed by atoms with van der Waals surface area (Å²) in [7, 11) is 0. The van der Waals surface area contributed by atoms with Gasteiger partial charge in [0.15, 0.2) is 12.2 Å². The molecule has 1 heterocycles. The maximum atomic E-state index is 12.9. The van der Waals surface area contributed by atoms with E-state index in [1.165, 1.54) is 24.3 Å². The first kappa shape index (κ1) is 17.6. The molecule has 0 saturated heterocycles. The zero-order valence-corrected chi connectivity index (χ0v) is 14.3. The number of aromatic nitrogens is 2. The summed E-state index contributed by atoms with van der Waals surface area (Å²) in [6.45, 7) is 2.94. The predicted molar refractivity (Wildman–Crippen MR) is 90.6 cm³/mol. The van der Waals surface area contributed by atoms with Gasteiger partial charge in [-0.1, -0.05) is 18.2 Å². The summed E-state index contributed by atoms with van der Waals surface area (Å²) in [6.07, 6.45) is 0. The molecule has 0 radical (unpaired) electrons. The Bertz CT molecular complexity index is 876. The molecule has 1 aromatic heterocycles. The van der Waals surface area contributed by atoms with Crippen LogP contribution in [0.2, 0.25) is 0 Å². The molecular weight excluding hydrogens is 339 g/mol. The van der Waals surface area contributed by atoms with Crippen LogP contribution in [0, 0.1) is 5.82 Å². The smallest absolute Gasteiger partial charge is 0.350 e. The summed E-state index contributed by atoms with van der Waals surface area (Å²) in [4.78, 5) is 12.3. The van der Waals surface area contributed by atoms with Crippen LogP contribution < -0.4 is 4.74 Å². The van der Waals surface area contributed by atoms with Gasteiger partial charge < -0.3 is 13.9 Å². The van der Waals surface area contributed by atoms with E-state index < -0.39 is 11.6 Å². The number of halogens is 1. The topological polar surface area (TPSA) is 74.5 Å². The van der Waals surface area contributed by atoms with Gasteiger partial charge in [-0.15, -0.1) is 10.2 Å². The van der Waals surface area contributed by atoms with Crippen LogP contribution in [0.25, 0.3) is 11.5 Å². The van der Waals surface area contributed by atoms with E-state index in [0.29, 0.717) is 11.6 Å². The number of carbonyl (C=O) groups is 1. The van der Waals surface area contributed by atoms with Gasteiger partial charge in [0, 0.05) is 5.56 Å². The Morgan fingerprint density at radius 3 is 2.46 bits per heavy atom. The van der Waals surface area contributed by atoms with E-state index in [-0.39, 0.29) is 18.3 Å². The number of benzene rings is 2. The molecule has 0 bridgehead atoms. The van der Waals surface area contributed by atoms with Crippen LogP contribution in [0.15, 0.2) is 59.0 Å². The lowest BCUT2D eigenvalue weighted by Gasteiger charge is -2.23. The molecule has 0 N–H and O–H groups in total. The summed E-state index contributed by atoms with van der Waals surface area (Å²) in [5.74, 6) is -0.115. The molecule has 3 rings (SSSR count). The second kappa shape index (κ2) is 7.35. The first-order valence-corrected chi connectivity index (χ1v) is 7.94. The molecule has 26 heavy (non-hydrogen) atoms. The quantitative estimate of drug-likeness (QED) is 0.626. The van der Waals surface area contributed by atoms with Crippen molar-refractivity contribution in [3.05, 3.63) is 66.3 Å². The fraction of sp³-hybridized carbons (Fsp3) is 0.211. The lowest BCUT2D eigenvalue weighted by atomic mass is 10.1. The summed E-state index contributed by atoms with van der Waals surface area (Å²) in [6, 6.07) is 14.6. The van der Waals surface area contributed by atoms with Gasteiger partial charge in [-0.25, -0.2) is 9.18 Å². The molecule has 2 aromatic carbocycles. The van der Waals surface area contributed by atoms with Gasteiger partial charge in [0.25, 0.3) is 5.89 Å². The molecule has 0 amide bonds. The van der Waals surface area contributed by atoms with E-state index in [4.69, 9.17) is 13.9 Å². The summed E-state index contributed by atoms with van der Waals surface area (Å²) in [5, 5.41) is 7.79. The fourth-order valence-corrected chi connectivity index (χ4v) is 2.15. The third-order valence-electron chi connectivity index (χ3n) is 3.49. The summed E-state index contributed by atoms with van der Waals surface area (Å²) < 4.78 is 29.2. The molecule has 134 valence electrons. The number of rotatable bonds is 6. The molecule has 6 nitrogen and oxygen atoms in total.